The molecule has 2 fully saturated rings. The number of benzene rings is 2. The maximum Gasteiger partial charge on any atom is 0.338 e. The number of esters is 2. The number of hydrogen-bond donors (Lipinski definition) is 1. The van der Waals surface area contributed by atoms with Crippen LogP contribution in [0.2, 0.25) is 0 Å². The first-order valence-electron chi connectivity index (χ1n) is 11.4. The highest BCUT2D eigenvalue weighted by Crippen LogP contribution is 2.66. The number of nitrogens with one attached hydrogen (secondary N) is 1. The number of aryl methyl sites for hydroxylation is 1. The van der Waals surface area contributed by atoms with Gasteiger partial charge in [0.15, 0.2) is 5.60 Å². The van der Waals surface area contributed by atoms with E-state index in [1.165, 1.54) is 13.1 Å². The van der Waals surface area contributed by atoms with Crippen LogP contribution in [0.25, 0.3) is 10.4 Å². The second-order valence-corrected chi connectivity index (χ2v) is 8.85. The van der Waals surface area contributed by atoms with Crippen LogP contribution in [-0.4, -0.2) is 45.3 Å². The number of ether oxygens (including phenoxy) is 3. The zero-order valence-corrected chi connectivity index (χ0v) is 19.6. The minimum atomic E-state index is -1.55. The van der Waals surface area contributed by atoms with Gasteiger partial charge in [-0.15, -0.1) is 0 Å². The Morgan fingerprint density at radius 3 is 2.35 bits per heavy atom. The molecule has 0 spiro atoms. The Hall–Kier alpha value is -4.67. The summed E-state index contributed by atoms with van der Waals surface area (Å²) in [5, 5.41) is 3.93. The van der Waals surface area contributed by atoms with E-state index in [0.717, 1.165) is 4.57 Å². The molecule has 12 nitrogen and oxygen atoms in total. The fourth-order valence-corrected chi connectivity index (χ4v) is 4.73. The van der Waals surface area contributed by atoms with Crippen molar-refractivity contribution in [2.75, 3.05) is 6.61 Å². The molecule has 0 amide bonds. The van der Waals surface area contributed by atoms with Gasteiger partial charge in [0, 0.05) is 23.1 Å². The maximum absolute atomic E-state index is 12.8. The molecule has 12 heteroatoms. The average Bonchev–Trinajstić information content (AvgIpc) is 3.23. The Bertz CT molecular complexity index is 1530. The van der Waals surface area contributed by atoms with Crippen molar-refractivity contribution < 1.29 is 23.8 Å². The van der Waals surface area contributed by atoms with E-state index in [1.54, 1.807) is 60.7 Å². The van der Waals surface area contributed by atoms with Crippen LogP contribution in [0.15, 0.2) is 81.6 Å². The van der Waals surface area contributed by atoms with E-state index < -0.39 is 53.3 Å². The fourth-order valence-electron chi connectivity index (χ4n) is 4.73. The summed E-state index contributed by atoms with van der Waals surface area (Å²) in [4.78, 5) is 55.0. The normalized spacial score (nSPS) is 25.4. The first-order chi connectivity index (χ1) is 17.8. The molecule has 1 saturated heterocycles. The number of fused-ring (bicyclic) bond motifs is 1. The topological polar surface area (TPSA) is 165 Å². The third kappa shape index (κ3) is 3.98. The first kappa shape index (κ1) is 24.0. The van der Waals surface area contributed by atoms with Crippen molar-refractivity contribution in [3.63, 3.8) is 0 Å². The van der Waals surface area contributed by atoms with Crippen molar-refractivity contribution in [1.29, 1.82) is 0 Å². The van der Waals surface area contributed by atoms with E-state index in [2.05, 4.69) is 15.0 Å². The standard InChI is InChI=1S/C25H21N5O7/c1-15-13-30(23(34)27-19(15)31)18-12-24(28-29-26)22(36-21(33)17-10-6-3-7-11-17)25(24,37-18)14-35-20(32)16-8-4-2-5-9-16/h2-11,13,18,22H,12,14H2,1H3,(H,27,31,34)/t18-,22?,24?,25+/m1/s1. The Kier molecular flexibility index (Phi) is 5.90. The zero-order valence-electron chi connectivity index (χ0n) is 19.6. The first-order valence-corrected chi connectivity index (χ1v) is 11.4. The number of azide groups is 1. The van der Waals surface area contributed by atoms with Crippen molar-refractivity contribution in [3.05, 3.63) is 115 Å². The third-order valence-corrected chi connectivity index (χ3v) is 6.68. The smallest absolute Gasteiger partial charge is 0.338 e. The SMILES string of the molecule is Cc1cn([C@H]2CC3(N=[N+]=[N-])C(OC(=O)c4ccccc4)[C@]3(COC(=O)c3ccccc3)O2)c(=O)[nH]c1=O. The molecule has 188 valence electrons. The van der Waals surface area contributed by atoms with E-state index in [4.69, 9.17) is 14.2 Å². The molecule has 2 heterocycles. The lowest BCUT2D eigenvalue weighted by Crippen LogP contribution is -2.37. The summed E-state index contributed by atoms with van der Waals surface area (Å²) in [6, 6.07) is 16.4. The molecule has 1 aliphatic carbocycles. The summed E-state index contributed by atoms with van der Waals surface area (Å²) in [5.74, 6) is -1.34. The molecule has 2 aliphatic rings. The minimum absolute atomic E-state index is 0.0714. The third-order valence-electron chi connectivity index (χ3n) is 6.68. The Morgan fingerprint density at radius 2 is 1.73 bits per heavy atom. The summed E-state index contributed by atoms with van der Waals surface area (Å²) < 4.78 is 18.6. The van der Waals surface area contributed by atoms with E-state index in [-0.39, 0.29) is 23.1 Å². The molecular formula is C25H21N5O7. The number of aromatic nitrogens is 2. The summed E-state index contributed by atoms with van der Waals surface area (Å²) in [6.07, 6.45) is -0.828. The van der Waals surface area contributed by atoms with Crippen LogP contribution >= 0.6 is 0 Å². The molecule has 0 radical (unpaired) electrons. The minimum Gasteiger partial charge on any atom is -0.459 e. The highest BCUT2D eigenvalue weighted by molar-refractivity contribution is 5.90. The second kappa shape index (κ2) is 9.08. The molecule has 5 rings (SSSR count). The van der Waals surface area contributed by atoms with Crippen LogP contribution in [0.1, 0.15) is 38.9 Å². The molecule has 37 heavy (non-hydrogen) atoms. The van der Waals surface area contributed by atoms with Crippen LogP contribution in [0.3, 0.4) is 0 Å². The highest BCUT2D eigenvalue weighted by Gasteiger charge is 2.86. The zero-order chi connectivity index (χ0) is 26.2. The predicted octanol–water partition coefficient (Wildman–Crippen LogP) is 2.65. The quantitative estimate of drug-likeness (QED) is 0.224. The van der Waals surface area contributed by atoms with Crippen molar-refractivity contribution >= 4 is 11.9 Å². The lowest BCUT2D eigenvalue weighted by molar-refractivity contribution is -0.0949. The second-order valence-electron chi connectivity index (χ2n) is 8.85. The van der Waals surface area contributed by atoms with Crippen LogP contribution in [0.4, 0.5) is 0 Å². The van der Waals surface area contributed by atoms with Gasteiger partial charge in [0.25, 0.3) is 5.56 Å². The molecule has 2 unspecified atom stereocenters. The largest absolute Gasteiger partial charge is 0.459 e. The number of H-pyrrole nitrogens is 1. The van der Waals surface area contributed by atoms with Gasteiger partial charge in [-0.05, 0) is 36.7 Å². The lowest BCUT2D eigenvalue weighted by Gasteiger charge is -2.23. The van der Waals surface area contributed by atoms with Gasteiger partial charge >= 0.3 is 17.6 Å². The molecule has 1 aliphatic heterocycles. The number of nitrogens with zero attached hydrogens (tertiary/aromatic N) is 4. The molecule has 2 aromatic carbocycles. The molecule has 0 bridgehead atoms. The Morgan fingerprint density at radius 1 is 1.11 bits per heavy atom. The van der Waals surface area contributed by atoms with Gasteiger partial charge in [0.05, 0.1) is 11.1 Å². The van der Waals surface area contributed by atoms with Gasteiger partial charge in [0.1, 0.15) is 24.5 Å². The fraction of sp³-hybridized carbons (Fsp3) is 0.280. The van der Waals surface area contributed by atoms with Crippen molar-refractivity contribution in [2.24, 2.45) is 5.11 Å². The van der Waals surface area contributed by atoms with Gasteiger partial charge in [-0.1, -0.05) is 41.5 Å². The van der Waals surface area contributed by atoms with Crippen LogP contribution in [0, 0.1) is 6.92 Å². The summed E-state index contributed by atoms with van der Waals surface area (Å²) >= 11 is 0. The van der Waals surface area contributed by atoms with Crippen molar-refractivity contribution in [1.82, 2.24) is 9.55 Å². The van der Waals surface area contributed by atoms with E-state index in [9.17, 15) is 24.7 Å². The molecule has 1 N–H and O–H groups in total. The molecule has 4 atom stereocenters. The number of aromatic amines is 1. The molecule has 1 aromatic heterocycles. The van der Waals surface area contributed by atoms with Gasteiger partial charge in [-0.3, -0.25) is 14.3 Å². The number of hydrogen-bond acceptors (Lipinski definition) is 8. The van der Waals surface area contributed by atoms with Gasteiger partial charge in [-0.25, -0.2) is 14.4 Å². The monoisotopic (exact) mass is 503 g/mol. The van der Waals surface area contributed by atoms with Crippen LogP contribution < -0.4 is 11.2 Å². The van der Waals surface area contributed by atoms with Gasteiger partial charge in [-0.2, -0.15) is 0 Å². The highest BCUT2D eigenvalue weighted by atomic mass is 16.6. The molecular weight excluding hydrogens is 482 g/mol. The van der Waals surface area contributed by atoms with Gasteiger partial charge in [0.2, 0.25) is 0 Å². The van der Waals surface area contributed by atoms with E-state index >= 15 is 0 Å². The molecule has 1 saturated carbocycles. The van der Waals surface area contributed by atoms with Crippen molar-refractivity contribution in [2.45, 2.75) is 36.8 Å². The maximum atomic E-state index is 12.8. The summed E-state index contributed by atoms with van der Waals surface area (Å²) in [7, 11) is 0. The molecule has 3 aromatic rings. The van der Waals surface area contributed by atoms with Crippen molar-refractivity contribution in [3.8, 4) is 0 Å². The van der Waals surface area contributed by atoms with E-state index in [1.807, 2.05) is 0 Å². The van der Waals surface area contributed by atoms with Crippen LogP contribution in [0.5, 0.6) is 0 Å². The van der Waals surface area contributed by atoms with Gasteiger partial charge < -0.3 is 14.2 Å². The summed E-state index contributed by atoms with van der Waals surface area (Å²) in [5.41, 5.74) is 5.91. The summed E-state index contributed by atoms with van der Waals surface area (Å²) in [6.45, 7) is 1.11. The Balaban J connectivity index is 1.49. The Labute approximate surface area is 209 Å². The predicted molar refractivity (Wildman–Crippen MR) is 128 cm³/mol. The van der Waals surface area contributed by atoms with Crippen LogP contribution in [-0.2, 0) is 14.2 Å². The number of carbonyl (C=O) groups is 2. The average molecular weight is 503 g/mol. The number of carbonyl (C=O) groups excluding carboxylic acids is 2. The van der Waals surface area contributed by atoms with E-state index in [0.29, 0.717) is 0 Å². The number of rotatable bonds is 7. The lowest BCUT2D eigenvalue weighted by atomic mass is 10.1.